The van der Waals surface area contributed by atoms with Gasteiger partial charge < -0.3 is 15.4 Å². The number of benzene rings is 1. The van der Waals surface area contributed by atoms with Crippen molar-refractivity contribution >= 4 is 11.6 Å². The van der Waals surface area contributed by atoms with Crippen LogP contribution in [0.25, 0.3) is 5.65 Å². The lowest BCUT2D eigenvalue weighted by Gasteiger charge is -2.12. The molecule has 0 atom stereocenters. The van der Waals surface area contributed by atoms with Gasteiger partial charge in [-0.05, 0) is 36.8 Å². The molecule has 130 valence electrons. The van der Waals surface area contributed by atoms with Gasteiger partial charge in [-0.15, -0.1) is 10.2 Å². The number of ether oxygens (including phenoxy) is 1. The molecule has 2 N–H and O–H groups in total. The maximum absolute atomic E-state index is 5.53. The molecule has 0 aliphatic heterocycles. The number of fused-ring (bicyclic) bond motifs is 1. The van der Waals surface area contributed by atoms with E-state index in [1.165, 1.54) is 0 Å². The van der Waals surface area contributed by atoms with E-state index in [1.807, 2.05) is 53.9 Å². The Labute approximate surface area is 146 Å². The first-order valence-corrected chi connectivity index (χ1v) is 8.25. The summed E-state index contributed by atoms with van der Waals surface area (Å²) in [5.74, 6) is 2.41. The van der Waals surface area contributed by atoms with E-state index < -0.39 is 0 Å². The Morgan fingerprint density at radius 1 is 1.12 bits per heavy atom. The van der Waals surface area contributed by atoms with Gasteiger partial charge in [0.05, 0.1) is 13.2 Å². The van der Waals surface area contributed by atoms with Crippen LogP contribution in [-0.2, 0) is 13.1 Å². The monoisotopic (exact) mass is 338 g/mol. The van der Waals surface area contributed by atoms with E-state index in [9.17, 15) is 0 Å². The molecular weight excluding hydrogens is 316 g/mol. The summed E-state index contributed by atoms with van der Waals surface area (Å²) in [6, 6.07) is 13.8. The highest BCUT2D eigenvalue weighted by atomic mass is 16.5. The average molecular weight is 338 g/mol. The Bertz CT molecular complexity index is 857. The first-order chi connectivity index (χ1) is 12.3. The molecule has 0 unspecified atom stereocenters. The van der Waals surface area contributed by atoms with Gasteiger partial charge in [-0.2, -0.15) is 0 Å². The Hall–Kier alpha value is -3.09. The van der Waals surface area contributed by atoms with Gasteiger partial charge >= 0.3 is 0 Å². The van der Waals surface area contributed by atoms with E-state index in [4.69, 9.17) is 4.74 Å². The van der Waals surface area contributed by atoms with Gasteiger partial charge in [0, 0.05) is 19.8 Å². The molecule has 0 spiro atoms. The second kappa shape index (κ2) is 8.14. The fourth-order valence-electron chi connectivity index (χ4n) is 2.49. The molecule has 0 bridgehead atoms. The van der Waals surface area contributed by atoms with Crippen LogP contribution < -0.4 is 15.4 Å². The zero-order chi connectivity index (χ0) is 17.5. The highest BCUT2D eigenvalue weighted by Gasteiger charge is 2.06. The molecule has 2 aromatic heterocycles. The van der Waals surface area contributed by atoms with Crippen molar-refractivity contribution in [2.45, 2.75) is 20.0 Å². The van der Waals surface area contributed by atoms with Crippen molar-refractivity contribution in [2.75, 3.05) is 13.7 Å². The highest BCUT2D eigenvalue weighted by Crippen LogP contribution is 2.12. The second-order valence-corrected chi connectivity index (χ2v) is 5.40. The van der Waals surface area contributed by atoms with Crippen molar-refractivity contribution in [2.24, 2.45) is 4.99 Å². The maximum atomic E-state index is 5.53. The lowest BCUT2D eigenvalue weighted by molar-refractivity contribution is 0.340. The zero-order valence-electron chi connectivity index (χ0n) is 14.4. The van der Waals surface area contributed by atoms with Crippen LogP contribution in [0, 0.1) is 0 Å². The van der Waals surface area contributed by atoms with Gasteiger partial charge in [-0.1, -0.05) is 18.2 Å². The number of nitrogens with one attached hydrogen (secondary N) is 2. The molecular formula is C18H22N6O. The maximum Gasteiger partial charge on any atom is 0.191 e. The van der Waals surface area contributed by atoms with Gasteiger partial charge in [0.1, 0.15) is 5.75 Å². The molecule has 7 heteroatoms. The predicted molar refractivity (Wildman–Crippen MR) is 97.6 cm³/mol. The minimum Gasteiger partial charge on any atom is -0.494 e. The molecule has 0 amide bonds. The van der Waals surface area contributed by atoms with E-state index in [1.54, 1.807) is 7.05 Å². The van der Waals surface area contributed by atoms with Crippen LogP contribution >= 0.6 is 0 Å². The number of nitrogens with zero attached hydrogens (tertiary/aromatic N) is 4. The summed E-state index contributed by atoms with van der Waals surface area (Å²) in [7, 11) is 1.74. The fourth-order valence-corrected chi connectivity index (χ4v) is 2.49. The molecule has 25 heavy (non-hydrogen) atoms. The number of pyridine rings is 1. The number of hydrogen-bond donors (Lipinski definition) is 2. The lowest BCUT2D eigenvalue weighted by Crippen LogP contribution is -2.36. The quantitative estimate of drug-likeness (QED) is 0.531. The van der Waals surface area contributed by atoms with Gasteiger partial charge in [0.15, 0.2) is 17.4 Å². The zero-order valence-corrected chi connectivity index (χ0v) is 14.4. The molecule has 0 saturated heterocycles. The topological polar surface area (TPSA) is 75.8 Å². The number of aliphatic imine (C=N–C) groups is 1. The van der Waals surface area contributed by atoms with Crippen LogP contribution in [0.3, 0.4) is 0 Å². The molecule has 2 heterocycles. The predicted octanol–water partition coefficient (Wildman–Crippen LogP) is 1.99. The van der Waals surface area contributed by atoms with E-state index in [-0.39, 0.29) is 0 Å². The van der Waals surface area contributed by atoms with E-state index in [0.717, 1.165) is 22.8 Å². The molecule has 0 aliphatic carbocycles. The molecule has 0 aliphatic rings. The second-order valence-electron chi connectivity index (χ2n) is 5.40. The number of aromatic nitrogens is 3. The smallest absolute Gasteiger partial charge is 0.191 e. The Morgan fingerprint density at radius 2 is 2.00 bits per heavy atom. The summed E-state index contributed by atoms with van der Waals surface area (Å²) >= 11 is 0. The van der Waals surface area contributed by atoms with Crippen LogP contribution in [0.5, 0.6) is 5.75 Å². The van der Waals surface area contributed by atoms with Crippen molar-refractivity contribution in [3.8, 4) is 5.75 Å². The van der Waals surface area contributed by atoms with Crippen molar-refractivity contribution in [3.63, 3.8) is 0 Å². The summed E-state index contributed by atoms with van der Waals surface area (Å²) in [6.45, 7) is 3.82. The van der Waals surface area contributed by atoms with Gasteiger partial charge in [-0.3, -0.25) is 9.39 Å². The molecule has 0 fully saturated rings. The summed E-state index contributed by atoms with van der Waals surface area (Å²) in [5, 5.41) is 14.9. The van der Waals surface area contributed by atoms with E-state index in [2.05, 4.69) is 31.9 Å². The standard InChI is InChI=1S/C18H22N6O/c1-3-25-15-8-6-7-14(11-15)12-20-18(19-2)21-13-17-23-22-16-9-4-5-10-24(16)17/h4-11H,3,12-13H2,1-2H3,(H2,19,20,21). The average Bonchev–Trinajstić information content (AvgIpc) is 3.06. The van der Waals surface area contributed by atoms with Gasteiger partial charge in [0.25, 0.3) is 0 Å². The van der Waals surface area contributed by atoms with Crippen molar-refractivity contribution < 1.29 is 4.74 Å². The third kappa shape index (κ3) is 4.26. The minimum absolute atomic E-state index is 0.532. The first kappa shape index (κ1) is 16.8. The SMILES string of the molecule is CCOc1cccc(CNC(=NC)NCc2nnc3ccccn23)c1. The largest absolute Gasteiger partial charge is 0.494 e. The summed E-state index contributed by atoms with van der Waals surface area (Å²) < 4.78 is 7.48. The van der Waals surface area contributed by atoms with Crippen LogP contribution in [-0.4, -0.2) is 34.2 Å². The van der Waals surface area contributed by atoms with Crippen LogP contribution in [0.2, 0.25) is 0 Å². The molecule has 1 aromatic carbocycles. The molecule has 0 saturated carbocycles. The molecule has 3 rings (SSSR count). The first-order valence-electron chi connectivity index (χ1n) is 8.25. The summed E-state index contributed by atoms with van der Waals surface area (Å²) in [5.41, 5.74) is 1.96. The summed E-state index contributed by atoms with van der Waals surface area (Å²) in [4.78, 5) is 4.25. The Morgan fingerprint density at radius 3 is 2.84 bits per heavy atom. The van der Waals surface area contributed by atoms with Crippen molar-refractivity contribution in [1.82, 2.24) is 25.2 Å². The highest BCUT2D eigenvalue weighted by molar-refractivity contribution is 5.79. The molecule has 7 nitrogen and oxygen atoms in total. The number of guanidine groups is 1. The number of hydrogen-bond acceptors (Lipinski definition) is 4. The molecule has 3 aromatic rings. The summed E-state index contributed by atoms with van der Waals surface area (Å²) in [6.07, 6.45) is 1.95. The fraction of sp³-hybridized carbons (Fsp3) is 0.278. The van der Waals surface area contributed by atoms with Crippen LogP contribution in [0.1, 0.15) is 18.3 Å². The van der Waals surface area contributed by atoms with Gasteiger partial charge in [-0.25, -0.2) is 0 Å². The third-order valence-electron chi connectivity index (χ3n) is 3.69. The third-order valence-corrected chi connectivity index (χ3v) is 3.69. The van der Waals surface area contributed by atoms with Crippen LogP contribution in [0.4, 0.5) is 0 Å². The van der Waals surface area contributed by atoms with Crippen LogP contribution in [0.15, 0.2) is 53.7 Å². The lowest BCUT2D eigenvalue weighted by atomic mass is 10.2. The van der Waals surface area contributed by atoms with E-state index >= 15 is 0 Å². The normalized spacial score (nSPS) is 11.5. The van der Waals surface area contributed by atoms with E-state index in [0.29, 0.717) is 25.7 Å². The van der Waals surface area contributed by atoms with Crippen molar-refractivity contribution in [1.29, 1.82) is 0 Å². The van der Waals surface area contributed by atoms with Crippen molar-refractivity contribution in [3.05, 3.63) is 60.0 Å². The Kier molecular flexibility index (Phi) is 5.46. The molecule has 0 radical (unpaired) electrons. The van der Waals surface area contributed by atoms with Gasteiger partial charge in [0.2, 0.25) is 0 Å². The minimum atomic E-state index is 0.532. The number of rotatable bonds is 6. The Balaban J connectivity index is 1.57.